The number of nitriles is 1. The Kier molecular flexibility index (Phi) is 3.81. The first-order valence-electron chi connectivity index (χ1n) is 7.94. The van der Waals surface area contributed by atoms with Crippen LogP contribution in [0.3, 0.4) is 0 Å². The van der Waals surface area contributed by atoms with Crippen molar-refractivity contribution in [2.45, 2.75) is 50.5 Å². The lowest BCUT2D eigenvalue weighted by Gasteiger charge is -2.39. The summed E-state index contributed by atoms with van der Waals surface area (Å²) in [6.45, 7) is 4.87. The fourth-order valence-electron chi connectivity index (χ4n) is 3.98. The first kappa shape index (κ1) is 13.6. The quantitative estimate of drug-likeness (QED) is 0.817. The maximum absolute atomic E-state index is 9.73. The van der Waals surface area contributed by atoms with Gasteiger partial charge in [-0.05, 0) is 50.1 Å². The zero-order valence-corrected chi connectivity index (χ0v) is 12.4. The smallest absolute Gasteiger partial charge is 0.0823 e. The molecule has 2 fully saturated rings. The van der Waals surface area contributed by atoms with E-state index >= 15 is 0 Å². The molecular weight excluding hydrogens is 244 g/mol. The van der Waals surface area contributed by atoms with E-state index in [2.05, 4.69) is 42.2 Å². The predicted octanol–water partition coefficient (Wildman–Crippen LogP) is 3.73. The lowest BCUT2D eigenvalue weighted by molar-refractivity contribution is 0.161. The molecule has 0 bridgehead atoms. The van der Waals surface area contributed by atoms with Gasteiger partial charge in [0, 0.05) is 12.6 Å². The van der Waals surface area contributed by atoms with Crippen LogP contribution in [0.5, 0.6) is 0 Å². The van der Waals surface area contributed by atoms with Gasteiger partial charge in [-0.2, -0.15) is 5.26 Å². The predicted molar refractivity (Wildman–Crippen MR) is 81.3 cm³/mol. The minimum atomic E-state index is -0.233. The Hall–Kier alpha value is -1.33. The van der Waals surface area contributed by atoms with Crippen molar-refractivity contribution in [3.63, 3.8) is 0 Å². The van der Waals surface area contributed by atoms with Crippen LogP contribution in [0.2, 0.25) is 0 Å². The second-order valence-corrected chi connectivity index (χ2v) is 6.68. The zero-order chi connectivity index (χ0) is 14.0. The molecule has 2 aliphatic rings. The molecule has 1 unspecified atom stereocenters. The molecular formula is C18H24N2. The molecule has 1 aliphatic carbocycles. The summed E-state index contributed by atoms with van der Waals surface area (Å²) in [4.78, 5) is 2.66. The third kappa shape index (κ3) is 2.47. The molecule has 3 rings (SSSR count). The van der Waals surface area contributed by atoms with E-state index in [1.54, 1.807) is 0 Å². The molecule has 1 saturated carbocycles. The highest BCUT2D eigenvalue weighted by Gasteiger charge is 2.39. The summed E-state index contributed by atoms with van der Waals surface area (Å²) < 4.78 is 0. The van der Waals surface area contributed by atoms with E-state index in [0.717, 1.165) is 18.8 Å². The van der Waals surface area contributed by atoms with Gasteiger partial charge in [0.2, 0.25) is 0 Å². The standard InChI is InChI=1S/C18H24N2/c1-15-9-12-20(13-15)17-7-10-18(14-19,11-8-17)16-5-3-2-4-6-16/h2-6,15,17H,7-13H2,1H3. The highest BCUT2D eigenvalue weighted by Crippen LogP contribution is 2.41. The van der Waals surface area contributed by atoms with Gasteiger partial charge in [-0.15, -0.1) is 0 Å². The molecule has 1 aromatic carbocycles. The van der Waals surface area contributed by atoms with Gasteiger partial charge in [0.05, 0.1) is 11.5 Å². The van der Waals surface area contributed by atoms with E-state index in [-0.39, 0.29) is 5.41 Å². The fraction of sp³-hybridized carbons (Fsp3) is 0.611. The Morgan fingerprint density at radius 2 is 1.85 bits per heavy atom. The zero-order valence-electron chi connectivity index (χ0n) is 12.4. The van der Waals surface area contributed by atoms with Gasteiger partial charge < -0.3 is 4.90 Å². The van der Waals surface area contributed by atoms with Crippen LogP contribution in [0, 0.1) is 17.2 Å². The van der Waals surface area contributed by atoms with Crippen molar-refractivity contribution in [2.75, 3.05) is 13.1 Å². The van der Waals surface area contributed by atoms with Crippen LogP contribution in [-0.2, 0) is 5.41 Å². The minimum absolute atomic E-state index is 0.233. The topological polar surface area (TPSA) is 27.0 Å². The molecule has 106 valence electrons. The van der Waals surface area contributed by atoms with Crippen LogP contribution >= 0.6 is 0 Å². The number of nitrogens with zero attached hydrogens (tertiary/aromatic N) is 2. The third-order valence-electron chi connectivity index (χ3n) is 5.32. The van der Waals surface area contributed by atoms with Crippen molar-refractivity contribution in [3.05, 3.63) is 35.9 Å². The van der Waals surface area contributed by atoms with Crippen LogP contribution in [0.15, 0.2) is 30.3 Å². The van der Waals surface area contributed by atoms with Crippen molar-refractivity contribution < 1.29 is 0 Å². The maximum Gasteiger partial charge on any atom is 0.0823 e. The highest BCUT2D eigenvalue weighted by atomic mass is 15.2. The summed E-state index contributed by atoms with van der Waals surface area (Å²) in [6, 6.07) is 13.8. The average molecular weight is 268 g/mol. The Bertz CT molecular complexity index is 480. The first-order chi connectivity index (χ1) is 9.73. The fourth-order valence-corrected chi connectivity index (χ4v) is 3.98. The van der Waals surface area contributed by atoms with Crippen LogP contribution in [0.1, 0.15) is 44.6 Å². The van der Waals surface area contributed by atoms with Gasteiger partial charge in [-0.1, -0.05) is 37.3 Å². The van der Waals surface area contributed by atoms with Gasteiger partial charge in [-0.3, -0.25) is 0 Å². The molecule has 2 heteroatoms. The Labute approximate surface area is 122 Å². The van der Waals surface area contributed by atoms with E-state index in [1.165, 1.54) is 37.9 Å². The molecule has 0 N–H and O–H groups in total. The van der Waals surface area contributed by atoms with Gasteiger partial charge in [0.25, 0.3) is 0 Å². The van der Waals surface area contributed by atoms with E-state index < -0.39 is 0 Å². The van der Waals surface area contributed by atoms with Crippen molar-refractivity contribution in [3.8, 4) is 6.07 Å². The lowest BCUT2D eigenvalue weighted by Crippen LogP contribution is -2.41. The van der Waals surface area contributed by atoms with E-state index in [0.29, 0.717) is 6.04 Å². The van der Waals surface area contributed by atoms with Crippen LogP contribution in [0.4, 0.5) is 0 Å². The molecule has 1 aliphatic heterocycles. The lowest BCUT2D eigenvalue weighted by atomic mass is 9.69. The van der Waals surface area contributed by atoms with E-state index in [9.17, 15) is 5.26 Å². The van der Waals surface area contributed by atoms with Crippen molar-refractivity contribution in [2.24, 2.45) is 5.92 Å². The highest BCUT2D eigenvalue weighted by molar-refractivity contribution is 5.33. The van der Waals surface area contributed by atoms with Gasteiger partial charge in [-0.25, -0.2) is 0 Å². The minimum Gasteiger partial charge on any atom is -0.300 e. The second kappa shape index (κ2) is 5.58. The molecule has 1 aromatic rings. The van der Waals surface area contributed by atoms with Crippen LogP contribution in [0.25, 0.3) is 0 Å². The van der Waals surface area contributed by atoms with Gasteiger partial charge in [0.15, 0.2) is 0 Å². The third-order valence-corrected chi connectivity index (χ3v) is 5.32. The molecule has 0 spiro atoms. The van der Waals surface area contributed by atoms with Crippen LogP contribution < -0.4 is 0 Å². The van der Waals surface area contributed by atoms with Crippen LogP contribution in [-0.4, -0.2) is 24.0 Å². The normalized spacial score (nSPS) is 34.8. The van der Waals surface area contributed by atoms with Crippen molar-refractivity contribution in [1.29, 1.82) is 5.26 Å². The summed E-state index contributed by atoms with van der Waals surface area (Å²) >= 11 is 0. The number of benzene rings is 1. The maximum atomic E-state index is 9.73. The summed E-state index contributed by atoms with van der Waals surface area (Å²) in [7, 11) is 0. The molecule has 1 heterocycles. The summed E-state index contributed by atoms with van der Waals surface area (Å²) in [5, 5.41) is 9.73. The number of likely N-dealkylation sites (tertiary alicyclic amines) is 1. The average Bonchev–Trinajstić information content (AvgIpc) is 2.95. The Balaban J connectivity index is 1.69. The molecule has 0 amide bonds. The molecule has 0 radical (unpaired) electrons. The van der Waals surface area contributed by atoms with Crippen molar-refractivity contribution >= 4 is 0 Å². The summed E-state index contributed by atoms with van der Waals surface area (Å²) in [6.07, 6.45) is 5.73. The van der Waals surface area contributed by atoms with Crippen molar-refractivity contribution in [1.82, 2.24) is 4.90 Å². The largest absolute Gasteiger partial charge is 0.300 e. The van der Waals surface area contributed by atoms with Gasteiger partial charge >= 0.3 is 0 Å². The SMILES string of the molecule is CC1CCN(C2CCC(C#N)(c3ccccc3)CC2)C1. The summed E-state index contributed by atoms with van der Waals surface area (Å²) in [5.74, 6) is 0.853. The second-order valence-electron chi connectivity index (χ2n) is 6.68. The molecule has 20 heavy (non-hydrogen) atoms. The molecule has 1 atom stereocenters. The number of rotatable bonds is 2. The monoisotopic (exact) mass is 268 g/mol. The van der Waals surface area contributed by atoms with E-state index in [4.69, 9.17) is 0 Å². The molecule has 2 nitrogen and oxygen atoms in total. The molecule has 1 saturated heterocycles. The Morgan fingerprint density at radius 1 is 1.15 bits per heavy atom. The Morgan fingerprint density at radius 3 is 2.40 bits per heavy atom. The number of hydrogen-bond acceptors (Lipinski definition) is 2. The van der Waals surface area contributed by atoms with Gasteiger partial charge in [0.1, 0.15) is 0 Å². The summed E-state index contributed by atoms with van der Waals surface area (Å²) in [5.41, 5.74) is 0.985. The van der Waals surface area contributed by atoms with E-state index in [1.807, 2.05) is 6.07 Å². The number of hydrogen-bond donors (Lipinski definition) is 0. The first-order valence-corrected chi connectivity index (χ1v) is 7.94. The molecule has 0 aromatic heterocycles.